The van der Waals surface area contributed by atoms with Crippen LogP contribution in [0.15, 0.2) is 176 Å². The van der Waals surface area contributed by atoms with Crippen LogP contribution < -0.4 is 4.90 Å². The van der Waals surface area contributed by atoms with Gasteiger partial charge < -0.3 is 4.90 Å². The van der Waals surface area contributed by atoms with Crippen LogP contribution in [0.2, 0.25) is 0 Å². The summed E-state index contributed by atoms with van der Waals surface area (Å²) in [6.45, 7) is 0. The minimum atomic E-state index is 1.13. The van der Waals surface area contributed by atoms with Crippen LogP contribution in [0.25, 0.3) is 64.0 Å². The zero-order valence-electron chi connectivity index (χ0n) is 25.1. The van der Waals surface area contributed by atoms with Crippen molar-refractivity contribution in [1.29, 1.82) is 0 Å². The summed E-state index contributed by atoms with van der Waals surface area (Å²) in [6, 6.07) is 63.9. The summed E-state index contributed by atoms with van der Waals surface area (Å²) in [7, 11) is 0. The van der Waals surface area contributed by atoms with E-state index in [9.17, 15) is 0 Å². The molecule has 9 aromatic rings. The number of benzene rings is 8. The molecule has 8 aromatic carbocycles. The van der Waals surface area contributed by atoms with E-state index in [-0.39, 0.29) is 0 Å². The van der Waals surface area contributed by atoms with E-state index in [0.717, 1.165) is 11.4 Å². The van der Waals surface area contributed by atoms with E-state index in [0.29, 0.717) is 0 Å². The molecule has 1 aromatic heterocycles. The van der Waals surface area contributed by atoms with E-state index < -0.39 is 0 Å². The highest BCUT2D eigenvalue weighted by Crippen LogP contribution is 2.46. The van der Waals surface area contributed by atoms with Crippen molar-refractivity contribution in [2.24, 2.45) is 0 Å². The fourth-order valence-electron chi connectivity index (χ4n) is 6.75. The lowest BCUT2D eigenvalue weighted by Gasteiger charge is -2.27. The molecule has 0 amide bonds. The SMILES string of the molecule is c1ccc(-c2ccc(N(c3ccc(-c4ccc5ccccc5c4)cc3)c3cccc4ccc5c6ccccc6sc5c34)cc2)cc1. The number of hydrogen-bond acceptors (Lipinski definition) is 2. The molecule has 2 heteroatoms. The van der Waals surface area contributed by atoms with Crippen molar-refractivity contribution in [3.05, 3.63) is 176 Å². The van der Waals surface area contributed by atoms with Crippen molar-refractivity contribution in [2.45, 2.75) is 0 Å². The second kappa shape index (κ2) is 11.0. The third-order valence-corrected chi connectivity index (χ3v) is 10.3. The van der Waals surface area contributed by atoms with Crippen LogP contribution in [0, 0.1) is 0 Å². The zero-order valence-corrected chi connectivity index (χ0v) is 25.9. The summed E-state index contributed by atoms with van der Waals surface area (Å²) in [4.78, 5) is 2.42. The molecular formula is C44H29NS. The lowest BCUT2D eigenvalue weighted by molar-refractivity contribution is 1.30. The summed E-state index contributed by atoms with van der Waals surface area (Å²) in [6.07, 6.45) is 0. The summed E-state index contributed by atoms with van der Waals surface area (Å²) >= 11 is 1.89. The minimum Gasteiger partial charge on any atom is -0.310 e. The van der Waals surface area contributed by atoms with Gasteiger partial charge in [0, 0.05) is 36.9 Å². The standard InChI is InChI=1S/C44H29NS/c1-2-9-30(10-3-1)32-19-24-37(25-20-32)45(38-26-21-33(22-27-38)36-18-17-31-11-4-5-12-35(31)29-36)41-15-8-13-34-23-28-40-39-14-6-7-16-42(39)46-44(40)43(34)41/h1-29H. The van der Waals surface area contributed by atoms with Gasteiger partial charge in [0.15, 0.2) is 0 Å². The second-order valence-corrected chi connectivity index (χ2v) is 12.8. The van der Waals surface area contributed by atoms with E-state index in [2.05, 4.69) is 181 Å². The Kier molecular flexibility index (Phi) is 6.40. The predicted octanol–water partition coefficient (Wildman–Crippen LogP) is 13.2. The van der Waals surface area contributed by atoms with Gasteiger partial charge in [-0.15, -0.1) is 11.3 Å². The number of nitrogens with zero attached hydrogens (tertiary/aromatic N) is 1. The average Bonchev–Trinajstić information content (AvgIpc) is 3.52. The molecule has 0 saturated carbocycles. The minimum absolute atomic E-state index is 1.13. The molecule has 1 nitrogen and oxygen atoms in total. The van der Waals surface area contributed by atoms with Gasteiger partial charge in [0.05, 0.1) is 5.69 Å². The van der Waals surface area contributed by atoms with Crippen LogP contribution in [0.3, 0.4) is 0 Å². The molecule has 0 saturated heterocycles. The maximum Gasteiger partial charge on any atom is 0.0554 e. The third-order valence-electron chi connectivity index (χ3n) is 9.05. The van der Waals surface area contributed by atoms with Gasteiger partial charge in [0.2, 0.25) is 0 Å². The largest absolute Gasteiger partial charge is 0.310 e. The van der Waals surface area contributed by atoms with Crippen LogP contribution in [-0.4, -0.2) is 0 Å². The quantitative estimate of drug-likeness (QED) is 0.189. The number of hydrogen-bond donors (Lipinski definition) is 0. The maximum atomic E-state index is 2.42. The van der Waals surface area contributed by atoms with Crippen LogP contribution >= 0.6 is 11.3 Å². The van der Waals surface area contributed by atoms with Gasteiger partial charge in [-0.3, -0.25) is 0 Å². The van der Waals surface area contributed by atoms with E-state index in [4.69, 9.17) is 0 Å². The van der Waals surface area contributed by atoms with Gasteiger partial charge in [-0.25, -0.2) is 0 Å². The van der Waals surface area contributed by atoms with E-state index in [1.165, 1.54) is 69.7 Å². The molecule has 0 radical (unpaired) electrons. The average molecular weight is 604 g/mol. The Morgan fingerprint density at radius 1 is 0.370 bits per heavy atom. The number of thiophene rings is 1. The first kappa shape index (κ1) is 26.7. The van der Waals surface area contributed by atoms with Crippen LogP contribution in [0.5, 0.6) is 0 Å². The van der Waals surface area contributed by atoms with Crippen molar-refractivity contribution in [3.63, 3.8) is 0 Å². The first-order valence-electron chi connectivity index (χ1n) is 15.7. The molecule has 0 aliphatic heterocycles. The first-order chi connectivity index (χ1) is 22.8. The summed E-state index contributed by atoms with van der Waals surface area (Å²) in [5.74, 6) is 0. The van der Waals surface area contributed by atoms with Crippen molar-refractivity contribution >= 4 is 70.1 Å². The van der Waals surface area contributed by atoms with Gasteiger partial charge in [-0.05, 0) is 80.9 Å². The molecule has 0 unspecified atom stereocenters. The Morgan fingerprint density at radius 3 is 1.74 bits per heavy atom. The Morgan fingerprint density at radius 2 is 0.957 bits per heavy atom. The van der Waals surface area contributed by atoms with Crippen LogP contribution in [0.1, 0.15) is 0 Å². The second-order valence-electron chi connectivity index (χ2n) is 11.8. The molecule has 9 rings (SSSR count). The van der Waals surface area contributed by atoms with Crippen LogP contribution in [0.4, 0.5) is 17.1 Å². The fraction of sp³-hybridized carbons (Fsp3) is 0. The van der Waals surface area contributed by atoms with E-state index >= 15 is 0 Å². The van der Waals surface area contributed by atoms with Crippen molar-refractivity contribution in [3.8, 4) is 22.3 Å². The number of rotatable bonds is 5. The molecule has 0 spiro atoms. The van der Waals surface area contributed by atoms with Crippen molar-refractivity contribution in [1.82, 2.24) is 0 Å². The lowest BCUT2D eigenvalue weighted by Crippen LogP contribution is -2.10. The molecule has 0 bridgehead atoms. The Balaban J connectivity index is 1.23. The molecular weight excluding hydrogens is 575 g/mol. The molecule has 0 fully saturated rings. The van der Waals surface area contributed by atoms with Crippen molar-refractivity contribution < 1.29 is 0 Å². The first-order valence-corrected chi connectivity index (χ1v) is 16.5. The summed E-state index contributed by atoms with van der Waals surface area (Å²) < 4.78 is 2.64. The maximum absolute atomic E-state index is 2.42. The Hall–Kier alpha value is -5.70. The fourth-order valence-corrected chi connectivity index (χ4v) is 8.02. The van der Waals surface area contributed by atoms with Gasteiger partial charge >= 0.3 is 0 Å². The molecule has 216 valence electrons. The zero-order chi connectivity index (χ0) is 30.5. The van der Waals surface area contributed by atoms with Crippen molar-refractivity contribution in [2.75, 3.05) is 4.90 Å². The molecule has 0 aliphatic carbocycles. The normalized spacial score (nSPS) is 11.5. The molecule has 0 atom stereocenters. The highest BCUT2D eigenvalue weighted by molar-refractivity contribution is 7.26. The van der Waals surface area contributed by atoms with Gasteiger partial charge in [0.1, 0.15) is 0 Å². The molecule has 0 N–H and O–H groups in total. The molecule has 46 heavy (non-hydrogen) atoms. The summed E-state index contributed by atoms with van der Waals surface area (Å²) in [5, 5.41) is 7.68. The number of anilines is 3. The predicted molar refractivity (Wildman–Crippen MR) is 200 cm³/mol. The highest BCUT2D eigenvalue weighted by Gasteiger charge is 2.19. The highest BCUT2D eigenvalue weighted by atomic mass is 32.1. The van der Waals surface area contributed by atoms with Crippen LogP contribution in [-0.2, 0) is 0 Å². The van der Waals surface area contributed by atoms with Gasteiger partial charge in [-0.2, -0.15) is 0 Å². The number of fused-ring (bicyclic) bond motifs is 6. The molecule has 1 heterocycles. The van der Waals surface area contributed by atoms with E-state index in [1.54, 1.807) is 0 Å². The topological polar surface area (TPSA) is 3.24 Å². The Bertz CT molecular complexity index is 2510. The Labute approximate surface area is 272 Å². The molecule has 0 aliphatic rings. The van der Waals surface area contributed by atoms with Gasteiger partial charge in [0.25, 0.3) is 0 Å². The lowest BCUT2D eigenvalue weighted by atomic mass is 10.00. The monoisotopic (exact) mass is 603 g/mol. The summed E-state index contributed by atoms with van der Waals surface area (Å²) in [5.41, 5.74) is 8.30. The third kappa shape index (κ3) is 4.54. The van der Waals surface area contributed by atoms with Gasteiger partial charge in [-0.1, -0.05) is 133 Å². The smallest absolute Gasteiger partial charge is 0.0554 e. The van der Waals surface area contributed by atoms with E-state index in [1.807, 2.05) is 11.3 Å².